The van der Waals surface area contributed by atoms with E-state index in [0.29, 0.717) is 24.2 Å². The maximum Gasteiger partial charge on any atom is 0.220 e. The average molecular weight is 194 g/mol. The van der Waals surface area contributed by atoms with Gasteiger partial charge in [0, 0.05) is 26.1 Å². The molecule has 0 aliphatic carbocycles. The number of primary amides is 1. The molecule has 6 heteroatoms. The van der Waals surface area contributed by atoms with Gasteiger partial charge in [-0.2, -0.15) is 0 Å². The van der Waals surface area contributed by atoms with Crippen molar-refractivity contribution in [3.05, 3.63) is 0 Å². The van der Waals surface area contributed by atoms with Gasteiger partial charge in [-0.3, -0.25) is 9.59 Å². The molecule has 0 rings (SSSR count). The molecule has 72 valence electrons. The number of carbonyl (C=O) groups is 2. The molecule has 0 saturated carbocycles. The monoisotopic (exact) mass is 194 g/mol. The summed E-state index contributed by atoms with van der Waals surface area (Å²) in [6.45, 7) is 1.31. The molecule has 0 aliphatic rings. The Hall–Kier alpha value is -0.750. The molecular weight excluding hydrogens is 180 g/mol. The molecule has 12 heavy (non-hydrogen) atoms. The Morgan fingerprint density at radius 1 is 1.58 bits per heavy atom. The SMILES string of the molecule is CC(N)=O.CNC(=O)CCSO. The van der Waals surface area contributed by atoms with E-state index in [9.17, 15) is 9.59 Å². The van der Waals surface area contributed by atoms with Crippen molar-refractivity contribution in [2.75, 3.05) is 12.8 Å². The predicted octanol–water partition coefficient (Wildman–Crippen LogP) is -0.180. The fourth-order valence-corrected chi connectivity index (χ4v) is 0.540. The molecule has 0 bridgehead atoms. The molecule has 0 heterocycles. The highest BCUT2D eigenvalue weighted by Crippen LogP contribution is 1.92. The number of amides is 2. The van der Waals surface area contributed by atoms with Crippen molar-refractivity contribution in [3.63, 3.8) is 0 Å². The summed E-state index contributed by atoms with van der Waals surface area (Å²) in [6.07, 6.45) is 0.387. The second kappa shape index (κ2) is 10.2. The first kappa shape index (κ1) is 13.8. The molecule has 0 saturated heterocycles. The van der Waals surface area contributed by atoms with E-state index in [4.69, 9.17) is 4.55 Å². The van der Waals surface area contributed by atoms with Crippen molar-refractivity contribution >= 4 is 23.9 Å². The summed E-state index contributed by atoms with van der Waals surface area (Å²) in [5.41, 5.74) is 4.47. The van der Waals surface area contributed by atoms with Gasteiger partial charge in [0.2, 0.25) is 11.8 Å². The molecule has 0 radical (unpaired) electrons. The summed E-state index contributed by atoms with van der Waals surface area (Å²) in [7, 11) is 1.57. The van der Waals surface area contributed by atoms with E-state index in [0.717, 1.165) is 0 Å². The number of nitrogens with two attached hydrogens (primary N) is 1. The van der Waals surface area contributed by atoms with Gasteiger partial charge >= 0.3 is 0 Å². The summed E-state index contributed by atoms with van der Waals surface area (Å²) in [4.78, 5) is 19.6. The third-order valence-electron chi connectivity index (χ3n) is 0.699. The van der Waals surface area contributed by atoms with Crippen molar-refractivity contribution < 1.29 is 14.1 Å². The van der Waals surface area contributed by atoms with Crippen molar-refractivity contribution in [1.29, 1.82) is 0 Å². The van der Waals surface area contributed by atoms with Gasteiger partial charge in [-0.25, -0.2) is 0 Å². The summed E-state index contributed by atoms with van der Waals surface area (Å²) in [5, 5.41) is 2.44. The Bertz CT molecular complexity index is 137. The Morgan fingerprint density at radius 2 is 2.00 bits per heavy atom. The topological polar surface area (TPSA) is 92.4 Å². The average Bonchev–Trinajstić information content (AvgIpc) is 1.99. The van der Waals surface area contributed by atoms with Crippen molar-refractivity contribution in [3.8, 4) is 0 Å². The molecule has 0 spiro atoms. The fourth-order valence-electron chi connectivity index (χ4n) is 0.263. The highest BCUT2D eigenvalue weighted by atomic mass is 32.2. The smallest absolute Gasteiger partial charge is 0.220 e. The van der Waals surface area contributed by atoms with Crippen LogP contribution in [0, 0.1) is 0 Å². The molecule has 0 aromatic carbocycles. The van der Waals surface area contributed by atoms with Crippen LogP contribution in [0.2, 0.25) is 0 Å². The second-order valence-electron chi connectivity index (χ2n) is 1.87. The molecule has 5 nitrogen and oxygen atoms in total. The first-order chi connectivity index (χ1) is 5.54. The zero-order chi connectivity index (χ0) is 9.98. The number of carbonyl (C=O) groups excluding carboxylic acids is 2. The van der Waals surface area contributed by atoms with Crippen molar-refractivity contribution in [1.82, 2.24) is 5.32 Å². The number of hydrogen-bond acceptors (Lipinski definition) is 4. The van der Waals surface area contributed by atoms with Gasteiger partial charge in [-0.05, 0) is 12.0 Å². The van der Waals surface area contributed by atoms with Crippen LogP contribution in [0.4, 0.5) is 0 Å². The Kier molecular flexibility index (Phi) is 11.8. The first-order valence-electron chi connectivity index (χ1n) is 3.27. The molecule has 0 atom stereocenters. The van der Waals surface area contributed by atoms with Gasteiger partial charge in [-0.15, -0.1) is 0 Å². The zero-order valence-electron chi connectivity index (χ0n) is 7.16. The maximum atomic E-state index is 10.3. The molecular formula is C6H14N2O3S. The van der Waals surface area contributed by atoms with E-state index >= 15 is 0 Å². The highest BCUT2D eigenvalue weighted by Gasteiger charge is 1.94. The van der Waals surface area contributed by atoms with Gasteiger partial charge in [-0.1, -0.05) is 0 Å². The zero-order valence-corrected chi connectivity index (χ0v) is 7.98. The van der Waals surface area contributed by atoms with Crippen molar-refractivity contribution in [2.45, 2.75) is 13.3 Å². The van der Waals surface area contributed by atoms with Crippen LogP contribution < -0.4 is 11.1 Å². The van der Waals surface area contributed by atoms with Gasteiger partial charge in [0.05, 0.1) is 0 Å². The van der Waals surface area contributed by atoms with Crippen LogP contribution in [-0.4, -0.2) is 29.2 Å². The highest BCUT2D eigenvalue weighted by molar-refractivity contribution is 7.93. The molecule has 2 amide bonds. The number of rotatable bonds is 3. The van der Waals surface area contributed by atoms with E-state index in [2.05, 4.69) is 11.1 Å². The van der Waals surface area contributed by atoms with Crippen LogP contribution >= 0.6 is 12.0 Å². The maximum absolute atomic E-state index is 10.3. The van der Waals surface area contributed by atoms with Crippen LogP contribution in [0.15, 0.2) is 0 Å². The Labute approximate surface area is 75.9 Å². The van der Waals surface area contributed by atoms with Crippen LogP contribution in [-0.2, 0) is 9.59 Å². The third kappa shape index (κ3) is 22.8. The van der Waals surface area contributed by atoms with Crippen LogP contribution in [0.25, 0.3) is 0 Å². The minimum absolute atomic E-state index is 0.0356. The number of hydrogen-bond donors (Lipinski definition) is 3. The van der Waals surface area contributed by atoms with Gasteiger partial charge in [0.25, 0.3) is 0 Å². The standard InChI is InChI=1S/C4H9NO2S.C2H5NO/c1-5-4(6)2-3-8-7;1-2(3)4/h7H,2-3H2,1H3,(H,5,6);1H3,(H2,3,4). The summed E-state index contributed by atoms with van der Waals surface area (Å²) < 4.78 is 8.15. The van der Waals surface area contributed by atoms with Crippen LogP contribution in [0.3, 0.4) is 0 Å². The summed E-state index contributed by atoms with van der Waals surface area (Å²) >= 11 is 0.684. The van der Waals surface area contributed by atoms with Gasteiger partial charge in [0.15, 0.2) is 0 Å². The number of nitrogens with one attached hydrogen (secondary N) is 1. The second-order valence-corrected chi connectivity index (χ2v) is 2.53. The largest absolute Gasteiger partial charge is 0.370 e. The lowest BCUT2D eigenvalue weighted by molar-refractivity contribution is -0.120. The quantitative estimate of drug-likeness (QED) is 0.543. The van der Waals surface area contributed by atoms with Crippen LogP contribution in [0.5, 0.6) is 0 Å². The van der Waals surface area contributed by atoms with Gasteiger partial charge < -0.3 is 15.6 Å². The van der Waals surface area contributed by atoms with Crippen LogP contribution in [0.1, 0.15) is 13.3 Å². The summed E-state index contributed by atoms with van der Waals surface area (Å²) in [6, 6.07) is 0. The normalized spacial score (nSPS) is 7.92. The lowest BCUT2D eigenvalue weighted by atomic mass is 10.5. The summed E-state index contributed by atoms with van der Waals surface area (Å²) in [5.74, 6) is 0.103. The van der Waals surface area contributed by atoms with E-state index in [1.807, 2.05) is 0 Å². The molecule has 0 aromatic rings. The molecule has 4 N–H and O–H groups in total. The predicted molar refractivity (Wildman–Crippen MR) is 48.6 cm³/mol. The third-order valence-corrected chi connectivity index (χ3v) is 1.09. The van der Waals surface area contributed by atoms with E-state index in [1.165, 1.54) is 6.92 Å². The fraction of sp³-hybridized carbons (Fsp3) is 0.667. The molecule has 0 fully saturated rings. The lowest BCUT2D eigenvalue weighted by Crippen LogP contribution is -2.17. The minimum atomic E-state index is -0.333. The van der Waals surface area contributed by atoms with Gasteiger partial charge in [0.1, 0.15) is 0 Å². The lowest BCUT2D eigenvalue weighted by Gasteiger charge is -1.93. The van der Waals surface area contributed by atoms with Crippen molar-refractivity contribution in [2.24, 2.45) is 5.73 Å². The molecule has 0 unspecified atom stereocenters. The Morgan fingerprint density at radius 3 is 2.25 bits per heavy atom. The Balaban J connectivity index is 0. The molecule has 0 aromatic heterocycles. The molecule has 0 aliphatic heterocycles. The van der Waals surface area contributed by atoms with E-state index in [-0.39, 0.29) is 11.8 Å². The first-order valence-corrected chi connectivity index (χ1v) is 4.21. The van der Waals surface area contributed by atoms with E-state index < -0.39 is 0 Å². The minimum Gasteiger partial charge on any atom is -0.370 e. The van der Waals surface area contributed by atoms with E-state index in [1.54, 1.807) is 7.05 Å².